The first-order valence-electron chi connectivity index (χ1n) is 24.0. The number of anilines is 1. The van der Waals surface area contributed by atoms with E-state index in [1.807, 2.05) is 25.1 Å². The largest absolute Gasteiger partial charge is 0.381 e. The molecule has 13 nitrogen and oxygen atoms in total. The minimum atomic E-state index is -4.24. The predicted octanol–water partition coefficient (Wildman–Crippen LogP) is 10.6. The van der Waals surface area contributed by atoms with Crippen molar-refractivity contribution in [1.29, 1.82) is 0 Å². The van der Waals surface area contributed by atoms with Gasteiger partial charge in [-0.25, -0.2) is 23.1 Å². The number of urea groups is 1. The van der Waals surface area contributed by atoms with Gasteiger partial charge in [0.2, 0.25) is 6.23 Å². The average molecular weight is 926 g/mol. The molecule has 64 heavy (non-hydrogen) atoms. The van der Waals surface area contributed by atoms with Crippen molar-refractivity contribution in [2.45, 2.75) is 183 Å². The second-order valence-corrected chi connectivity index (χ2v) is 20.6. The lowest BCUT2D eigenvalue weighted by Gasteiger charge is -2.35. The van der Waals surface area contributed by atoms with Crippen LogP contribution >= 0.6 is 11.8 Å². The molecular weight excluding hydrogens is 851 g/mol. The highest BCUT2D eigenvalue weighted by atomic mass is 32.2. The highest BCUT2D eigenvalue weighted by Gasteiger charge is 2.53. The smallest absolute Gasteiger partial charge is 0.330 e. The zero-order chi connectivity index (χ0) is 45.9. The summed E-state index contributed by atoms with van der Waals surface area (Å²) in [4.78, 5) is 50.3. The maximum Gasteiger partial charge on any atom is 0.330 e. The van der Waals surface area contributed by atoms with Crippen molar-refractivity contribution in [2.24, 2.45) is 4.99 Å². The molecular formula is C49H75N5O8S2. The van der Waals surface area contributed by atoms with Gasteiger partial charge in [0.1, 0.15) is 4.90 Å². The Bertz CT molecular complexity index is 1940. The van der Waals surface area contributed by atoms with Crippen molar-refractivity contribution in [3.63, 3.8) is 0 Å². The number of para-hydroxylation sites is 1. The summed E-state index contributed by atoms with van der Waals surface area (Å²) < 4.78 is 47.3. The molecule has 1 saturated carbocycles. The second-order valence-electron chi connectivity index (χ2n) is 17.6. The van der Waals surface area contributed by atoms with E-state index in [4.69, 9.17) is 19.2 Å². The number of unbranched alkanes of at least 4 members (excludes halogenated alkanes) is 15. The van der Waals surface area contributed by atoms with Crippen molar-refractivity contribution in [3.8, 4) is 0 Å². The van der Waals surface area contributed by atoms with Gasteiger partial charge in [0, 0.05) is 45.1 Å². The number of imide groups is 1. The molecule has 3 aliphatic rings. The number of nitrogens with one attached hydrogen (secondary N) is 1. The zero-order valence-electron chi connectivity index (χ0n) is 39.2. The molecule has 2 fully saturated rings. The Kier molecular flexibility index (Phi) is 21.4. The molecule has 1 aliphatic carbocycles. The molecule has 0 aromatic heterocycles. The Morgan fingerprint density at radius 1 is 0.812 bits per heavy atom. The SMILES string of the molecule is CCCCCCCCCCCCCCCCCCN1C(C(C(=O)Nc2cc(C)ccc2SCCCOC2CCC(OC)CC2)N2C(=O)C(OC)N(C)C2=O)=Nc2ccccc2S1(=O)=O. The Balaban J connectivity index is 1.27. The second kappa shape index (κ2) is 26.6. The molecule has 2 aliphatic heterocycles. The Morgan fingerprint density at radius 3 is 2.00 bits per heavy atom. The number of ether oxygens (including phenoxy) is 3. The number of aryl methyl sites for hydroxylation is 1. The number of sulfonamides is 1. The molecule has 1 saturated heterocycles. The first-order valence-corrected chi connectivity index (χ1v) is 26.5. The van der Waals surface area contributed by atoms with E-state index in [1.165, 1.54) is 90.9 Å². The van der Waals surface area contributed by atoms with Gasteiger partial charge in [-0.05, 0) is 75.3 Å². The molecule has 0 radical (unpaired) electrons. The number of benzene rings is 2. The summed E-state index contributed by atoms with van der Waals surface area (Å²) in [6.07, 6.45) is 22.8. The van der Waals surface area contributed by atoms with E-state index in [0.717, 1.165) is 88.1 Å². The predicted molar refractivity (Wildman–Crippen MR) is 256 cm³/mol. The van der Waals surface area contributed by atoms with E-state index >= 15 is 0 Å². The van der Waals surface area contributed by atoms with Gasteiger partial charge in [-0.2, -0.15) is 0 Å². The number of carbonyl (C=O) groups excluding carboxylic acids is 3. The highest BCUT2D eigenvalue weighted by Crippen LogP contribution is 2.36. The van der Waals surface area contributed by atoms with Crippen LogP contribution in [0.15, 0.2) is 57.2 Å². The van der Waals surface area contributed by atoms with Crippen molar-refractivity contribution >= 4 is 56.8 Å². The van der Waals surface area contributed by atoms with Gasteiger partial charge in [-0.1, -0.05) is 121 Å². The number of amidine groups is 1. The number of hydrogen-bond acceptors (Lipinski definition) is 10. The van der Waals surface area contributed by atoms with Crippen LogP contribution in [0.3, 0.4) is 0 Å². The fraction of sp³-hybridized carbons (Fsp3) is 0.673. The molecule has 4 amide bonds. The topological polar surface area (TPSA) is 147 Å². The highest BCUT2D eigenvalue weighted by molar-refractivity contribution is 7.99. The van der Waals surface area contributed by atoms with Crippen LogP contribution in [0.2, 0.25) is 0 Å². The van der Waals surface area contributed by atoms with E-state index in [-0.39, 0.29) is 29.1 Å². The lowest BCUT2D eigenvalue weighted by molar-refractivity contribution is -0.141. The van der Waals surface area contributed by atoms with Crippen molar-refractivity contribution in [1.82, 2.24) is 14.1 Å². The Labute approximate surface area is 387 Å². The minimum absolute atomic E-state index is 0.00405. The van der Waals surface area contributed by atoms with Gasteiger partial charge < -0.3 is 19.5 Å². The van der Waals surface area contributed by atoms with Crippen LogP contribution in [-0.4, -0.2) is 111 Å². The van der Waals surface area contributed by atoms with E-state index in [2.05, 4.69) is 12.2 Å². The van der Waals surface area contributed by atoms with Crippen LogP contribution in [0.25, 0.3) is 0 Å². The summed E-state index contributed by atoms with van der Waals surface area (Å²) in [6.45, 7) is 4.81. The number of methoxy groups -OCH3 is 2. The fourth-order valence-corrected chi connectivity index (χ4v) is 11.4. The molecule has 0 spiro atoms. The molecule has 2 aromatic rings. The number of likely N-dealkylation sites (N-methyl/N-ethyl adjacent to an activating group) is 1. The summed E-state index contributed by atoms with van der Waals surface area (Å²) in [5.41, 5.74) is 1.50. The first kappa shape index (κ1) is 51.5. The zero-order valence-corrected chi connectivity index (χ0v) is 40.8. The van der Waals surface area contributed by atoms with Gasteiger partial charge >= 0.3 is 6.03 Å². The van der Waals surface area contributed by atoms with E-state index < -0.39 is 40.1 Å². The third-order valence-electron chi connectivity index (χ3n) is 12.7. The quantitative estimate of drug-likeness (QED) is 0.0478. The normalized spacial score (nSPS) is 20.1. The summed E-state index contributed by atoms with van der Waals surface area (Å²) >= 11 is 1.57. The lowest BCUT2D eigenvalue weighted by atomic mass is 9.95. The summed E-state index contributed by atoms with van der Waals surface area (Å²) in [5.74, 6) is -1.03. The number of amides is 4. The van der Waals surface area contributed by atoms with E-state index in [1.54, 1.807) is 37.1 Å². The third kappa shape index (κ3) is 14.3. The van der Waals surface area contributed by atoms with Crippen LogP contribution in [-0.2, 0) is 33.8 Å². The number of hydrogen-bond donors (Lipinski definition) is 1. The molecule has 0 bridgehead atoms. The van der Waals surface area contributed by atoms with Gasteiger partial charge in [0.15, 0.2) is 11.9 Å². The van der Waals surface area contributed by atoms with Crippen LogP contribution < -0.4 is 5.32 Å². The van der Waals surface area contributed by atoms with E-state index in [9.17, 15) is 22.8 Å². The number of thioether (sulfide) groups is 1. The molecule has 2 heterocycles. The minimum Gasteiger partial charge on any atom is -0.381 e. The number of fused-ring (bicyclic) bond motifs is 1. The molecule has 2 atom stereocenters. The van der Waals surface area contributed by atoms with Crippen LogP contribution in [0, 0.1) is 6.92 Å². The van der Waals surface area contributed by atoms with E-state index in [0.29, 0.717) is 24.8 Å². The van der Waals surface area contributed by atoms with Gasteiger partial charge in [0.05, 0.1) is 23.6 Å². The number of rotatable bonds is 29. The van der Waals surface area contributed by atoms with Crippen LogP contribution in [0.1, 0.15) is 147 Å². The maximum atomic E-state index is 14.9. The average Bonchev–Trinajstić information content (AvgIpc) is 3.50. The Hall–Kier alpha value is -3.50. The lowest BCUT2D eigenvalue weighted by Crippen LogP contribution is -2.58. The summed E-state index contributed by atoms with van der Waals surface area (Å²) in [7, 11) is 0.240. The molecule has 2 unspecified atom stereocenters. The third-order valence-corrected chi connectivity index (χ3v) is 15.7. The number of aliphatic imine (C=N–C) groups is 1. The molecule has 1 N–H and O–H groups in total. The first-order chi connectivity index (χ1) is 31.0. The van der Waals surface area contributed by atoms with Crippen LogP contribution in [0.4, 0.5) is 16.2 Å². The van der Waals surface area contributed by atoms with Gasteiger partial charge in [-0.15, -0.1) is 11.8 Å². The number of carbonyl (C=O) groups is 3. The summed E-state index contributed by atoms with van der Waals surface area (Å²) in [6, 6.07) is 9.56. The van der Waals surface area contributed by atoms with Gasteiger partial charge in [-0.3, -0.25) is 18.8 Å². The molecule has 356 valence electrons. The molecule has 5 rings (SSSR count). The monoisotopic (exact) mass is 926 g/mol. The molecule has 15 heteroatoms. The number of nitrogens with zero attached hydrogens (tertiary/aromatic N) is 4. The maximum absolute atomic E-state index is 14.9. The summed E-state index contributed by atoms with van der Waals surface area (Å²) in [5, 5.41) is 3.00. The van der Waals surface area contributed by atoms with Crippen molar-refractivity contribution in [2.75, 3.05) is 45.5 Å². The van der Waals surface area contributed by atoms with Crippen molar-refractivity contribution < 1.29 is 37.0 Å². The van der Waals surface area contributed by atoms with Crippen molar-refractivity contribution in [3.05, 3.63) is 48.0 Å². The standard InChI is InChI=1S/C49H75N5O8S2/c1-6-7-8-9-10-11-12-13-14-15-16-17-18-19-20-23-33-53-45(50-40-25-21-22-26-43(40)64(53,58)59)44(54-47(56)48(61-5)52(3)49(54)57)46(55)51-41-36-37(2)27-32-42(41)63-35-24-34-62-39-30-28-38(60-4)29-31-39/h21-22,25-27,32,36,38-39,44,48H,6-20,23-24,28-31,33-35H2,1-5H3,(H,51,55). The fourth-order valence-electron chi connectivity index (χ4n) is 8.91. The molecule has 2 aromatic carbocycles. The van der Waals surface area contributed by atoms with Gasteiger partial charge in [0.25, 0.3) is 21.8 Å². The Morgan fingerprint density at radius 2 is 1.41 bits per heavy atom. The van der Waals surface area contributed by atoms with Crippen LogP contribution in [0.5, 0.6) is 0 Å².